The number of nitrogens with two attached hydrogens (primary N) is 1. The number of carbonyl (C=O) groups is 1. The summed E-state index contributed by atoms with van der Waals surface area (Å²) in [6.07, 6.45) is 2.31. The molecule has 0 aliphatic carbocycles. The van der Waals surface area contributed by atoms with E-state index >= 15 is 0 Å². The van der Waals surface area contributed by atoms with E-state index in [9.17, 15) is 9.90 Å². The van der Waals surface area contributed by atoms with E-state index < -0.39 is 5.60 Å². The van der Waals surface area contributed by atoms with E-state index in [1.165, 1.54) is 0 Å². The first-order valence-corrected chi connectivity index (χ1v) is 7.41. The number of ether oxygens (including phenoxy) is 1. The van der Waals surface area contributed by atoms with E-state index in [1.54, 1.807) is 11.9 Å². The highest BCUT2D eigenvalue weighted by atomic mass is 16.5. The van der Waals surface area contributed by atoms with Crippen LogP contribution in [0.5, 0.6) is 0 Å². The molecule has 5 heteroatoms. The molecule has 1 aliphatic heterocycles. The number of rotatable bonds is 5. The monoisotopic (exact) mass is 286 g/mol. The van der Waals surface area contributed by atoms with Crippen molar-refractivity contribution >= 4 is 5.91 Å². The molecule has 0 spiro atoms. The van der Waals surface area contributed by atoms with Crippen LogP contribution in [0.1, 0.15) is 46.5 Å². The molecule has 0 saturated carbocycles. The standard InChI is InChI=1S/C15H30N2O3/c1-14(2,3)10-12(16)9-13(18)17(4)11-15(19)5-7-20-8-6-15/h12,19H,5-11,16H2,1-4H3. The van der Waals surface area contributed by atoms with Crippen LogP contribution in [0.25, 0.3) is 0 Å². The van der Waals surface area contributed by atoms with Crippen LogP contribution >= 0.6 is 0 Å². The van der Waals surface area contributed by atoms with Crippen molar-refractivity contribution in [1.29, 1.82) is 0 Å². The number of hydrogen-bond donors (Lipinski definition) is 2. The maximum atomic E-state index is 12.2. The molecule has 118 valence electrons. The minimum atomic E-state index is -0.809. The van der Waals surface area contributed by atoms with Crippen LogP contribution < -0.4 is 5.73 Å². The summed E-state index contributed by atoms with van der Waals surface area (Å²) in [7, 11) is 1.74. The highest BCUT2D eigenvalue weighted by Crippen LogP contribution is 2.23. The summed E-state index contributed by atoms with van der Waals surface area (Å²) in [4.78, 5) is 13.8. The molecule has 3 N–H and O–H groups in total. The molecule has 1 atom stereocenters. The van der Waals surface area contributed by atoms with Gasteiger partial charge in [-0.05, 0) is 11.8 Å². The van der Waals surface area contributed by atoms with Crippen LogP contribution in [0.3, 0.4) is 0 Å². The van der Waals surface area contributed by atoms with Crippen LogP contribution in [0, 0.1) is 5.41 Å². The lowest BCUT2D eigenvalue weighted by atomic mass is 9.87. The number of amides is 1. The molecule has 0 aromatic heterocycles. The summed E-state index contributed by atoms with van der Waals surface area (Å²) in [6.45, 7) is 7.82. The van der Waals surface area contributed by atoms with Crippen molar-refractivity contribution in [3.05, 3.63) is 0 Å². The van der Waals surface area contributed by atoms with Crippen LogP contribution in [-0.2, 0) is 9.53 Å². The number of carbonyl (C=O) groups excluding carboxylic acids is 1. The van der Waals surface area contributed by atoms with Crippen molar-refractivity contribution in [3.8, 4) is 0 Å². The van der Waals surface area contributed by atoms with Gasteiger partial charge in [0.15, 0.2) is 0 Å². The Kier molecular flexibility index (Phi) is 5.98. The summed E-state index contributed by atoms with van der Waals surface area (Å²) in [5.74, 6) is 0.00154. The Hall–Kier alpha value is -0.650. The molecule has 0 bridgehead atoms. The predicted octanol–water partition coefficient (Wildman–Crippen LogP) is 1.14. The first-order valence-electron chi connectivity index (χ1n) is 7.41. The SMILES string of the molecule is CN(CC1(O)CCOCC1)C(=O)CC(N)CC(C)(C)C. The Bertz CT molecular complexity index is 320. The van der Waals surface area contributed by atoms with Crippen LogP contribution in [0.15, 0.2) is 0 Å². The summed E-state index contributed by atoms with van der Waals surface area (Å²) in [6, 6.07) is -0.130. The summed E-state index contributed by atoms with van der Waals surface area (Å²) in [5.41, 5.74) is 5.35. The normalized spacial score (nSPS) is 20.5. The predicted molar refractivity (Wildman–Crippen MR) is 79.3 cm³/mol. The van der Waals surface area contributed by atoms with Crippen molar-refractivity contribution in [2.24, 2.45) is 11.1 Å². The van der Waals surface area contributed by atoms with Gasteiger partial charge in [0, 0.05) is 52.1 Å². The van der Waals surface area contributed by atoms with Crippen molar-refractivity contribution in [2.45, 2.75) is 58.1 Å². The zero-order valence-corrected chi connectivity index (χ0v) is 13.3. The zero-order chi connectivity index (χ0) is 15.4. The van der Waals surface area contributed by atoms with Gasteiger partial charge in [-0.3, -0.25) is 4.79 Å². The van der Waals surface area contributed by atoms with Crippen LogP contribution in [-0.4, -0.2) is 54.4 Å². The Morgan fingerprint density at radius 3 is 2.45 bits per heavy atom. The smallest absolute Gasteiger partial charge is 0.223 e. The van der Waals surface area contributed by atoms with Gasteiger partial charge in [0.2, 0.25) is 5.91 Å². The molecule has 0 radical (unpaired) electrons. The molecular weight excluding hydrogens is 256 g/mol. The van der Waals surface area contributed by atoms with Crippen molar-refractivity contribution in [2.75, 3.05) is 26.8 Å². The molecule has 1 amide bonds. The fourth-order valence-corrected chi connectivity index (χ4v) is 2.68. The molecule has 1 unspecified atom stereocenters. The van der Waals surface area contributed by atoms with E-state index in [2.05, 4.69) is 20.8 Å². The molecular formula is C15H30N2O3. The van der Waals surface area contributed by atoms with Crippen LogP contribution in [0.4, 0.5) is 0 Å². The van der Waals surface area contributed by atoms with E-state index in [4.69, 9.17) is 10.5 Å². The van der Waals surface area contributed by atoms with Gasteiger partial charge in [0.1, 0.15) is 0 Å². The van der Waals surface area contributed by atoms with Crippen molar-refractivity contribution < 1.29 is 14.6 Å². The summed E-state index contributed by atoms with van der Waals surface area (Å²) < 4.78 is 5.24. The van der Waals surface area contributed by atoms with Gasteiger partial charge in [-0.1, -0.05) is 20.8 Å². The molecule has 1 aliphatic rings. The number of nitrogens with zero attached hydrogens (tertiary/aromatic N) is 1. The molecule has 1 fully saturated rings. The van der Waals surface area contributed by atoms with Gasteiger partial charge in [-0.15, -0.1) is 0 Å². The van der Waals surface area contributed by atoms with Gasteiger partial charge >= 0.3 is 0 Å². The molecule has 20 heavy (non-hydrogen) atoms. The quantitative estimate of drug-likeness (QED) is 0.794. The first-order chi connectivity index (χ1) is 9.11. The highest BCUT2D eigenvalue weighted by Gasteiger charge is 2.32. The fourth-order valence-electron chi connectivity index (χ4n) is 2.68. The van der Waals surface area contributed by atoms with E-state index in [0.717, 1.165) is 6.42 Å². The lowest BCUT2D eigenvalue weighted by molar-refractivity contribution is -0.137. The fraction of sp³-hybridized carbons (Fsp3) is 0.933. The number of aliphatic hydroxyl groups is 1. The maximum Gasteiger partial charge on any atom is 0.223 e. The van der Waals surface area contributed by atoms with E-state index in [0.29, 0.717) is 39.0 Å². The lowest BCUT2D eigenvalue weighted by Gasteiger charge is -2.35. The third-order valence-corrected chi connectivity index (χ3v) is 3.69. The Morgan fingerprint density at radius 1 is 1.40 bits per heavy atom. The van der Waals surface area contributed by atoms with Gasteiger partial charge in [0.05, 0.1) is 5.60 Å². The third-order valence-electron chi connectivity index (χ3n) is 3.69. The minimum Gasteiger partial charge on any atom is -0.388 e. The number of hydrogen-bond acceptors (Lipinski definition) is 4. The lowest BCUT2D eigenvalue weighted by Crippen LogP contribution is -2.48. The van der Waals surface area contributed by atoms with E-state index in [1.807, 2.05) is 0 Å². The second-order valence-electron chi connectivity index (χ2n) is 7.32. The Balaban J connectivity index is 2.42. The average molecular weight is 286 g/mol. The molecule has 1 heterocycles. The molecule has 0 aromatic rings. The highest BCUT2D eigenvalue weighted by molar-refractivity contribution is 5.76. The third kappa shape index (κ3) is 6.20. The van der Waals surface area contributed by atoms with Gasteiger partial charge in [0.25, 0.3) is 0 Å². The molecule has 0 aromatic carbocycles. The second kappa shape index (κ2) is 6.87. The van der Waals surface area contributed by atoms with Crippen molar-refractivity contribution in [3.63, 3.8) is 0 Å². The summed E-state index contributed by atoms with van der Waals surface area (Å²) in [5, 5.41) is 10.4. The number of likely N-dealkylation sites (N-methyl/N-ethyl adjacent to an activating group) is 1. The van der Waals surface area contributed by atoms with Crippen LogP contribution in [0.2, 0.25) is 0 Å². The average Bonchev–Trinajstić information content (AvgIpc) is 2.26. The van der Waals surface area contributed by atoms with E-state index in [-0.39, 0.29) is 17.4 Å². The summed E-state index contributed by atoms with van der Waals surface area (Å²) >= 11 is 0. The van der Waals surface area contributed by atoms with Gasteiger partial charge in [-0.2, -0.15) is 0 Å². The van der Waals surface area contributed by atoms with Gasteiger partial charge in [-0.25, -0.2) is 0 Å². The Labute approximate surface area is 122 Å². The minimum absolute atomic E-state index is 0.00154. The first kappa shape index (κ1) is 17.4. The topological polar surface area (TPSA) is 75.8 Å². The second-order valence-corrected chi connectivity index (χ2v) is 7.32. The zero-order valence-electron chi connectivity index (χ0n) is 13.3. The van der Waals surface area contributed by atoms with Gasteiger partial charge < -0.3 is 20.5 Å². The molecule has 1 saturated heterocycles. The Morgan fingerprint density at radius 2 is 1.95 bits per heavy atom. The van der Waals surface area contributed by atoms with Crippen molar-refractivity contribution in [1.82, 2.24) is 4.90 Å². The molecule has 1 rings (SSSR count). The molecule has 5 nitrogen and oxygen atoms in total. The largest absolute Gasteiger partial charge is 0.388 e. The maximum absolute atomic E-state index is 12.2.